The SMILES string of the molecule is Cn1cnc(N)c1S(=O)(=O)NC1CCC(=O)NC1=O. The lowest BCUT2D eigenvalue weighted by molar-refractivity contribution is -0.134. The highest BCUT2D eigenvalue weighted by Gasteiger charge is 2.32. The Labute approximate surface area is 109 Å². The quantitative estimate of drug-likeness (QED) is 0.555. The van der Waals surface area contributed by atoms with Gasteiger partial charge in [0.15, 0.2) is 10.8 Å². The van der Waals surface area contributed by atoms with Gasteiger partial charge in [0, 0.05) is 13.5 Å². The molecule has 19 heavy (non-hydrogen) atoms. The molecule has 2 amide bonds. The molecule has 1 aliphatic heterocycles. The summed E-state index contributed by atoms with van der Waals surface area (Å²) in [5.41, 5.74) is 5.48. The molecule has 1 atom stereocenters. The van der Waals surface area contributed by atoms with Gasteiger partial charge in [0.2, 0.25) is 11.8 Å². The van der Waals surface area contributed by atoms with Gasteiger partial charge in [-0.1, -0.05) is 0 Å². The number of hydrogen-bond acceptors (Lipinski definition) is 6. The van der Waals surface area contributed by atoms with Crippen molar-refractivity contribution in [2.45, 2.75) is 23.9 Å². The largest absolute Gasteiger partial charge is 0.381 e. The van der Waals surface area contributed by atoms with Crippen LogP contribution < -0.4 is 15.8 Å². The minimum atomic E-state index is -3.97. The van der Waals surface area contributed by atoms with E-state index in [4.69, 9.17) is 5.73 Å². The molecule has 1 aromatic heterocycles. The Kier molecular flexibility index (Phi) is 3.28. The van der Waals surface area contributed by atoms with Crippen LogP contribution in [-0.4, -0.2) is 35.8 Å². The highest BCUT2D eigenvalue weighted by Crippen LogP contribution is 2.17. The summed E-state index contributed by atoms with van der Waals surface area (Å²) >= 11 is 0. The Morgan fingerprint density at radius 3 is 2.74 bits per heavy atom. The van der Waals surface area contributed by atoms with Crippen LogP contribution in [-0.2, 0) is 26.7 Å². The summed E-state index contributed by atoms with van der Waals surface area (Å²) in [7, 11) is -2.50. The third-order valence-electron chi connectivity index (χ3n) is 2.70. The van der Waals surface area contributed by atoms with E-state index in [1.807, 2.05) is 0 Å². The second-order valence-corrected chi connectivity index (χ2v) is 5.80. The fraction of sp³-hybridized carbons (Fsp3) is 0.444. The van der Waals surface area contributed by atoms with Crippen LogP contribution in [0.4, 0.5) is 5.82 Å². The number of carbonyl (C=O) groups excluding carboxylic acids is 2. The summed E-state index contributed by atoms with van der Waals surface area (Å²) in [5, 5.41) is 1.86. The predicted molar refractivity (Wildman–Crippen MR) is 64.1 cm³/mol. The second-order valence-electron chi connectivity index (χ2n) is 4.17. The highest BCUT2D eigenvalue weighted by atomic mass is 32.2. The Balaban J connectivity index is 2.23. The number of aryl methyl sites for hydroxylation is 1. The maximum atomic E-state index is 12.1. The van der Waals surface area contributed by atoms with E-state index in [2.05, 4.69) is 15.0 Å². The van der Waals surface area contributed by atoms with Crippen LogP contribution in [0, 0.1) is 0 Å². The molecule has 1 unspecified atom stereocenters. The zero-order chi connectivity index (χ0) is 14.2. The molecule has 0 radical (unpaired) electrons. The lowest BCUT2D eigenvalue weighted by Crippen LogP contribution is -2.52. The van der Waals surface area contributed by atoms with Crippen molar-refractivity contribution in [3.05, 3.63) is 6.33 Å². The fourth-order valence-corrected chi connectivity index (χ4v) is 3.28. The highest BCUT2D eigenvalue weighted by molar-refractivity contribution is 7.89. The number of sulfonamides is 1. The fourth-order valence-electron chi connectivity index (χ4n) is 1.81. The van der Waals surface area contributed by atoms with Crippen LogP contribution in [0.3, 0.4) is 0 Å². The van der Waals surface area contributed by atoms with Crippen molar-refractivity contribution in [2.75, 3.05) is 5.73 Å². The molecule has 0 aromatic carbocycles. The summed E-state index contributed by atoms with van der Waals surface area (Å²) in [5.74, 6) is -1.23. The summed E-state index contributed by atoms with van der Waals surface area (Å²) in [6.45, 7) is 0. The summed E-state index contributed by atoms with van der Waals surface area (Å²) in [6, 6.07) is -0.989. The van der Waals surface area contributed by atoms with Crippen LogP contribution in [0.2, 0.25) is 0 Å². The van der Waals surface area contributed by atoms with Crippen molar-refractivity contribution in [1.82, 2.24) is 19.6 Å². The van der Waals surface area contributed by atoms with Crippen LogP contribution in [0.5, 0.6) is 0 Å². The minimum absolute atomic E-state index is 0.0831. The first-order valence-corrected chi connectivity index (χ1v) is 6.92. The number of nitrogens with two attached hydrogens (primary N) is 1. The monoisotopic (exact) mass is 287 g/mol. The lowest BCUT2D eigenvalue weighted by Gasteiger charge is -2.21. The number of rotatable bonds is 3. The number of anilines is 1. The molecule has 0 aliphatic carbocycles. The molecule has 2 rings (SSSR count). The molecule has 0 bridgehead atoms. The zero-order valence-corrected chi connectivity index (χ0v) is 10.9. The molecular weight excluding hydrogens is 274 g/mol. The smallest absolute Gasteiger partial charge is 0.260 e. The Morgan fingerprint density at radius 2 is 2.21 bits per heavy atom. The molecule has 0 spiro atoms. The first-order chi connectivity index (χ1) is 8.81. The third kappa shape index (κ3) is 2.58. The Morgan fingerprint density at radius 1 is 1.53 bits per heavy atom. The molecule has 2 heterocycles. The molecule has 1 aromatic rings. The average Bonchev–Trinajstić information content (AvgIpc) is 2.63. The molecule has 4 N–H and O–H groups in total. The molecule has 1 fully saturated rings. The van der Waals surface area contributed by atoms with E-state index in [-0.39, 0.29) is 23.7 Å². The van der Waals surface area contributed by atoms with Gasteiger partial charge < -0.3 is 10.3 Å². The summed E-state index contributed by atoms with van der Waals surface area (Å²) in [6.07, 6.45) is 1.45. The van der Waals surface area contributed by atoms with Crippen molar-refractivity contribution in [3.63, 3.8) is 0 Å². The van der Waals surface area contributed by atoms with Gasteiger partial charge in [-0.25, -0.2) is 13.4 Å². The number of carbonyl (C=O) groups is 2. The number of aromatic nitrogens is 2. The number of imidazole rings is 1. The molecule has 1 saturated heterocycles. The van der Waals surface area contributed by atoms with Gasteiger partial charge in [0.25, 0.3) is 10.0 Å². The number of imide groups is 1. The first kappa shape index (κ1) is 13.5. The number of amides is 2. The topological polar surface area (TPSA) is 136 Å². The van der Waals surface area contributed by atoms with Crippen molar-refractivity contribution in [2.24, 2.45) is 7.05 Å². The maximum absolute atomic E-state index is 12.1. The lowest BCUT2D eigenvalue weighted by atomic mass is 10.1. The minimum Gasteiger partial charge on any atom is -0.381 e. The maximum Gasteiger partial charge on any atom is 0.260 e. The van der Waals surface area contributed by atoms with Gasteiger partial charge in [0.1, 0.15) is 6.04 Å². The van der Waals surface area contributed by atoms with E-state index in [1.165, 1.54) is 17.9 Å². The van der Waals surface area contributed by atoms with Gasteiger partial charge in [-0.15, -0.1) is 0 Å². The number of nitrogens with one attached hydrogen (secondary N) is 2. The molecular formula is C9H13N5O4S. The number of hydrogen-bond donors (Lipinski definition) is 3. The molecule has 1 aliphatic rings. The van der Waals surface area contributed by atoms with Crippen LogP contribution in [0.1, 0.15) is 12.8 Å². The van der Waals surface area contributed by atoms with Crippen LogP contribution in [0.15, 0.2) is 11.4 Å². The van der Waals surface area contributed by atoms with E-state index in [9.17, 15) is 18.0 Å². The zero-order valence-electron chi connectivity index (χ0n) is 10.1. The van der Waals surface area contributed by atoms with E-state index in [0.717, 1.165) is 0 Å². The first-order valence-electron chi connectivity index (χ1n) is 5.44. The summed E-state index contributed by atoms with van der Waals surface area (Å²) < 4.78 is 27.7. The van der Waals surface area contributed by atoms with Gasteiger partial charge in [0.05, 0.1) is 6.33 Å². The van der Waals surface area contributed by atoms with E-state index in [1.54, 1.807) is 0 Å². The normalized spacial score (nSPS) is 20.4. The van der Waals surface area contributed by atoms with Gasteiger partial charge in [-0.05, 0) is 6.42 Å². The molecule has 10 heteroatoms. The predicted octanol–water partition coefficient (Wildman–Crippen LogP) is -1.91. The van der Waals surface area contributed by atoms with Gasteiger partial charge >= 0.3 is 0 Å². The van der Waals surface area contributed by atoms with Gasteiger partial charge in [-0.2, -0.15) is 4.72 Å². The van der Waals surface area contributed by atoms with E-state index >= 15 is 0 Å². The van der Waals surface area contributed by atoms with Crippen molar-refractivity contribution < 1.29 is 18.0 Å². The average molecular weight is 287 g/mol. The number of nitrogen functional groups attached to an aromatic ring is 1. The van der Waals surface area contributed by atoms with Crippen molar-refractivity contribution in [1.29, 1.82) is 0 Å². The molecule has 0 saturated carbocycles. The van der Waals surface area contributed by atoms with Crippen molar-refractivity contribution in [3.8, 4) is 0 Å². The van der Waals surface area contributed by atoms with Crippen LogP contribution >= 0.6 is 0 Å². The van der Waals surface area contributed by atoms with Gasteiger partial charge in [-0.3, -0.25) is 14.9 Å². The second kappa shape index (κ2) is 4.63. The number of piperidine rings is 1. The van der Waals surface area contributed by atoms with E-state index in [0.29, 0.717) is 0 Å². The summed E-state index contributed by atoms with van der Waals surface area (Å²) in [4.78, 5) is 26.2. The Hall–Kier alpha value is -1.94. The Bertz CT molecular complexity index is 616. The third-order valence-corrected chi connectivity index (χ3v) is 4.30. The van der Waals surface area contributed by atoms with E-state index < -0.39 is 27.9 Å². The number of nitrogens with zero attached hydrogens (tertiary/aromatic N) is 2. The standard InChI is InChI=1S/C9H13N5O4S/c1-14-4-11-7(10)9(14)19(17,18)13-5-2-3-6(15)12-8(5)16/h4-5,13H,2-3,10H2,1H3,(H,12,15,16). The molecule has 104 valence electrons. The van der Waals surface area contributed by atoms with Crippen LogP contribution in [0.25, 0.3) is 0 Å². The molecule has 9 nitrogen and oxygen atoms in total. The van der Waals surface area contributed by atoms with Crippen molar-refractivity contribution >= 4 is 27.7 Å².